The van der Waals surface area contributed by atoms with E-state index in [1.807, 2.05) is 0 Å². The molecule has 1 saturated carbocycles. The Morgan fingerprint density at radius 3 is 2.58 bits per heavy atom. The minimum absolute atomic E-state index is 0.175. The number of aliphatic carboxylic acids is 1. The SMILES string of the molecule is CC(CN(C)C(=O)NCC1CCCCC1C)C(=O)O. The van der Waals surface area contributed by atoms with Crippen LogP contribution >= 0.6 is 0 Å². The predicted octanol–water partition coefficient (Wildman–Crippen LogP) is 2.17. The minimum Gasteiger partial charge on any atom is -0.481 e. The third-order valence-electron chi connectivity index (χ3n) is 4.12. The van der Waals surface area contributed by atoms with Crippen LogP contribution in [0.1, 0.15) is 39.5 Å². The molecule has 19 heavy (non-hydrogen) atoms. The summed E-state index contributed by atoms with van der Waals surface area (Å²) in [6.45, 7) is 4.79. The molecule has 2 N–H and O–H groups in total. The lowest BCUT2D eigenvalue weighted by atomic mass is 9.80. The van der Waals surface area contributed by atoms with Gasteiger partial charge in [0.25, 0.3) is 0 Å². The summed E-state index contributed by atoms with van der Waals surface area (Å²) >= 11 is 0. The Labute approximate surface area is 115 Å². The van der Waals surface area contributed by atoms with Crippen molar-refractivity contribution in [1.29, 1.82) is 0 Å². The van der Waals surface area contributed by atoms with Gasteiger partial charge in [-0.3, -0.25) is 4.79 Å². The molecule has 0 bridgehead atoms. The molecule has 110 valence electrons. The number of nitrogens with one attached hydrogen (secondary N) is 1. The molecule has 2 amide bonds. The number of urea groups is 1. The fraction of sp³-hybridized carbons (Fsp3) is 0.857. The predicted molar refractivity (Wildman–Crippen MR) is 74.0 cm³/mol. The van der Waals surface area contributed by atoms with Crippen LogP contribution in [0.2, 0.25) is 0 Å². The van der Waals surface area contributed by atoms with Gasteiger partial charge in [-0.05, 0) is 18.3 Å². The van der Waals surface area contributed by atoms with E-state index in [9.17, 15) is 9.59 Å². The molecule has 3 atom stereocenters. The molecule has 0 aromatic heterocycles. The lowest BCUT2D eigenvalue weighted by molar-refractivity contribution is -0.141. The van der Waals surface area contributed by atoms with Gasteiger partial charge in [0, 0.05) is 20.1 Å². The van der Waals surface area contributed by atoms with E-state index in [2.05, 4.69) is 12.2 Å². The van der Waals surface area contributed by atoms with E-state index >= 15 is 0 Å². The Hall–Kier alpha value is -1.26. The number of nitrogens with zero attached hydrogens (tertiary/aromatic N) is 1. The van der Waals surface area contributed by atoms with E-state index < -0.39 is 11.9 Å². The van der Waals surface area contributed by atoms with E-state index in [4.69, 9.17) is 5.11 Å². The molecule has 0 radical (unpaired) electrons. The highest BCUT2D eigenvalue weighted by atomic mass is 16.4. The van der Waals surface area contributed by atoms with Crippen molar-refractivity contribution < 1.29 is 14.7 Å². The number of rotatable bonds is 5. The zero-order valence-corrected chi connectivity index (χ0v) is 12.2. The molecular weight excluding hydrogens is 244 g/mol. The van der Waals surface area contributed by atoms with E-state index in [1.54, 1.807) is 14.0 Å². The maximum atomic E-state index is 11.9. The van der Waals surface area contributed by atoms with E-state index in [0.717, 1.165) is 0 Å². The highest BCUT2D eigenvalue weighted by molar-refractivity contribution is 5.75. The molecular formula is C14H26N2O3. The lowest BCUT2D eigenvalue weighted by Gasteiger charge is -2.29. The Kier molecular flexibility index (Phi) is 6.12. The zero-order chi connectivity index (χ0) is 14.4. The van der Waals surface area contributed by atoms with Gasteiger partial charge in [-0.2, -0.15) is 0 Å². The van der Waals surface area contributed by atoms with Crippen LogP contribution in [0.5, 0.6) is 0 Å². The molecule has 0 spiro atoms. The molecule has 0 aliphatic heterocycles. The van der Waals surface area contributed by atoms with Gasteiger partial charge in [0.2, 0.25) is 0 Å². The Morgan fingerprint density at radius 1 is 1.37 bits per heavy atom. The Balaban J connectivity index is 2.31. The molecule has 0 saturated heterocycles. The van der Waals surface area contributed by atoms with Crippen LogP contribution in [0.15, 0.2) is 0 Å². The molecule has 1 fully saturated rings. The number of hydrogen-bond acceptors (Lipinski definition) is 2. The largest absolute Gasteiger partial charge is 0.481 e. The fourth-order valence-electron chi connectivity index (χ4n) is 2.62. The molecule has 0 heterocycles. The van der Waals surface area contributed by atoms with E-state index in [-0.39, 0.29) is 12.6 Å². The average molecular weight is 270 g/mol. The minimum atomic E-state index is -0.874. The summed E-state index contributed by atoms with van der Waals surface area (Å²) in [7, 11) is 1.64. The monoisotopic (exact) mass is 270 g/mol. The van der Waals surface area contributed by atoms with Crippen molar-refractivity contribution in [1.82, 2.24) is 10.2 Å². The van der Waals surface area contributed by atoms with Crippen LogP contribution < -0.4 is 5.32 Å². The van der Waals surface area contributed by atoms with Crippen molar-refractivity contribution in [2.24, 2.45) is 17.8 Å². The lowest BCUT2D eigenvalue weighted by Crippen LogP contribution is -2.43. The third kappa shape index (κ3) is 5.09. The van der Waals surface area contributed by atoms with Gasteiger partial charge in [-0.1, -0.05) is 33.1 Å². The van der Waals surface area contributed by atoms with Crippen molar-refractivity contribution in [3.05, 3.63) is 0 Å². The topological polar surface area (TPSA) is 69.6 Å². The van der Waals surface area contributed by atoms with E-state index in [1.165, 1.54) is 30.6 Å². The molecule has 5 heteroatoms. The summed E-state index contributed by atoms with van der Waals surface area (Å²) in [6, 6.07) is -0.175. The third-order valence-corrected chi connectivity index (χ3v) is 4.12. The van der Waals surface area contributed by atoms with Crippen LogP contribution in [0, 0.1) is 17.8 Å². The van der Waals surface area contributed by atoms with Crippen molar-refractivity contribution in [2.45, 2.75) is 39.5 Å². The Morgan fingerprint density at radius 2 is 2.00 bits per heavy atom. The zero-order valence-electron chi connectivity index (χ0n) is 12.2. The van der Waals surface area contributed by atoms with Crippen LogP contribution in [0.4, 0.5) is 4.79 Å². The fourth-order valence-corrected chi connectivity index (χ4v) is 2.62. The second kappa shape index (κ2) is 7.36. The van der Waals surface area contributed by atoms with Crippen LogP contribution in [0.25, 0.3) is 0 Å². The first-order chi connectivity index (χ1) is 8.91. The van der Waals surface area contributed by atoms with Gasteiger partial charge in [0.15, 0.2) is 0 Å². The van der Waals surface area contributed by atoms with Crippen molar-refractivity contribution in [2.75, 3.05) is 20.1 Å². The molecule has 1 aliphatic carbocycles. The number of carboxylic acids is 1. The standard InChI is InChI=1S/C14H26N2O3/c1-10-6-4-5-7-12(10)8-15-14(19)16(3)9-11(2)13(17)18/h10-12H,4-9H2,1-3H3,(H,15,19)(H,17,18). The Bertz CT molecular complexity index is 320. The summed E-state index contributed by atoms with van der Waals surface area (Å²) in [4.78, 5) is 24.1. The highest BCUT2D eigenvalue weighted by Gasteiger charge is 2.23. The molecule has 0 aromatic carbocycles. The van der Waals surface area contributed by atoms with Crippen molar-refractivity contribution in [3.63, 3.8) is 0 Å². The second-order valence-corrected chi connectivity index (χ2v) is 5.83. The van der Waals surface area contributed by atoms with Gasteiger partial charge < -0.3 is 15.3 Å². The highest BCUT2D eigenvalue weighted by Crippen LogP contribution is 2.28. The van der Waals surface area contributed by atoms with Gasteiger partial charge in [-0.15, -0.1) is 0 Å². The second-order valence-electron chi connectivity index (χ2n) is 5.83. The van der Waals surface area contributed by atoms with Gasteiger partial charge in [0.1, 0.15) is 0 Å². The first kappa shape index (κ1) is 15.8. The number of carbonyl (C=O) groups is 2. The summed E-state index contributed by atoms with van der Waals surface area (Å²) in [6.07, 6.45) is 4.96. The van der Waals surface area contributed by atoms with Gasteiger partial charge >= 0.3 is 12.0 Å². The van der Waals surface area contributed by atoms with Crippen LogP contribution in [0.3, 0.4) is 0 Å². The summed E-state index contributed by atoms with van der Waals surface area (Å²) in [5, 5.41) is 11.7. The van der Waals surface area contributed by atoms with Crippen molar-refractivity contribution in [3.8, 4) is 0 Å². The van der Waals surface area contributed by atoms with Crippen LogP contribution in [-0.2, 0) is 4.79 Å². The maximum Gasteiger partial charge on any atom is 0.317 e. The molecule has 0 aromatic rings. The normalized spacial score (nSPS) is 24.6. The summed E-state index contributed by atoms with van der Waals surface area (Å²) < 4.78 is 0. The van der Waals surface area contributed by atoms with Crippen LogP contribution in [-0.4, -0.2) is 42.1 Å². The van der Waals surface area contributed by atoms with Crippen molar-refractivity contribution >= 4 is 12.0 Å². The molecule has 1 aliphatic rings. The smallest absolute Gasteiger partial charge is 0.317 e. The molecule has 3 unspecified atom stereocenters. The molecule has 1 rings (SSSR count). The number of amides is 2. The first-order valence-electron chi connectivity index (χ1n) is 7.13. The first-order valence-corrected chi connectivity index (χ1v) is 7.13. The summed E-state index contributed by atoms with van der Waals surface area (Å²) in [5.41, 5.74) is 0. The number of carbonyl (C=O) groups excluding carboxylic acids is 1. The number of hydrogen-bond donors (Lipinski definition) is 2. The van der Waals surface area contributed by atoms with Gasteiger partial charge in [-0.25, -0.2) is 4.79 Å². The molecule has 5 nitrogen and oxygen atoms in total. The quantitative estimate of drug-likeness (QED) is 0.804. The maximum absolute atomic E-state index is 11.9. The number of carboxylic acid groups (broad SMARTS) is 1. The van der Waals surface area contributed by atoms with Gasteiger partial charge in [0.05, 0.1) is 5.92 Å². The average Bonchev–Trinajstić information content (AvgIpc) is 2.37. The van der Waals surface area contributed by atoms with E-state index in [0.29, 0.717) is 18.4 Å². The summed E-state index contributed by atoms with van der Waals surface area (Å²) in [5.74, 6) is -0.190.